The fourth-order valence-corrected chi connectivity index (χ4v) is 2.98. The molecule has 15 heavy (non-hydrogen) atoms. The maximum Gasteiger partial charge on any atom is 0.233 e. The van der Waals surface area contributed by atoms with E-state index in [1.807, 2.05) is 0 Å². The van der Waals surface area contributed by atoms with Gasteiger partial charge >= 0.3 is 0 Å². The van der Waals surface area contributed by atoms with Gasteiger partial charge < -0.3 is 9.84 Å². The van der Waals surface area contributed by atoms with Crippen molar-refractivity contribution in [2.24, 2.45) is 11.8 Å². The molecule has 2 fully saturated rings. The minimum Gasteiger partial charge on any atom is -0.393 e. The maximum atomic E-state index is 11.6. The number of carbonyl (C=O) groups is 2. The van der Waals surface area contributed by atoms with Crippen molar-refractivity contribution < 1.29 is 19.4 Å². The quantitative estimate of drug-likeness (QED) is 0.427. The number of aliphatic hydroxyl groups excluding tert-OH is 1. The Labute approximate surface area is 86.1 Å². The molecule has 5 nitrogen and oxygen atoms in total. The summed E-state index contributed by atoms with van der Waals surface area (Å²) in [5, 5.41) is 11.6. The van der Waals surface area contributed by atoms with Crippen molar-refractivity contribution in [1.29, 1.82) is 0 Å². The van der Waals surface area contributed by atoms with Gasteiger partial charge in [-0.15, -0.1) is 0 Å². The van der Waals surface area contributed by atoms with Crippen LogP contribution in [0.25, 0.3) is 0 Å². The van der Waals surface area contributed by atoms with Crippen LogP contribution in [0, 0.1) is 11.8 Å². The van der Waals surface area contributed by atoms with Gasteiger partial charge in [0.2, 0.25) is 11.8 Å². The van der Waals surface area contributed by atoms with E-state index < -0.39 is 23.0 Å². The molecular weight excluding hydrogens is 198 g/mol. The van der Waals surface area contributed by atoms with Crippen LogP contribution in [0.3, 0.4) is 0 Å². The zero-order chi connectivity index (χ0) is 10.8. The number of nitrogens with one attached hydrogen (secondary N) is 1. The Kier molecular flexibility index (Phi) is 1.39. The average Bonchev–Trinajstić information content (AvgIpc) is 2.75. The van der Waals surface area contributed by atoms with Gasteiger partial charge in [-0.1, -0.05) is 12.2 Å². The van der Waals surface area contributed by atoms with Crippen molar-refractivity contribution in [1.82, 2.24) is 5.32 Å². The number of imide groups is 1. The van der Waals surface area contributed by atoms with Crippen molar-refractivity contribution >= 4 is 11.8 Å². The topological polar surface area (TPSA) is 75.6 Å². The van der Waals surface area contributed by atoms with Crippen LogP contribution in [0.4, 0.5) is 0 Å². The smallest absolute Gasteiger partial charge is 0.233 e. The van der Waals surface area contributed by atoms with E-state index in [0.717, 1.165) is 0 Å². The molecular formula is C10H11NO4. The second-order valence-electron chi connectivity index (χ2n) is 4.54. The van der Waals surface area contributed by atoms with Crippen molar-refractivity contribution in [3.05, 3.63) is 12.2 Å². The second kappa shape index (κ2) is 2.31. The van der Waals surface area contributed by atoms with E-state index >= 15 is 0 Å². The fraction of sp³-hybridized carbons (Fsp3) is 0.600. The largest absolute Gasteiger partial charge is 0.393 e. The number of amides is 2. The molecule has 80 valence electrons. The molecule has 0 aromatic heterocycles. The van der Waals surface area contributed by atoms with E-state index in [2.05, 4.69) is 5.32 Å². The van der Waals surface area contributed by atoms with Crippen molar-refractivity contribution in [3.8, 4) is 0 Å². The Balaban J connectivity index is 2.16. The molecule has 3 aliphatic heterocycles. The second-order valence-corrected chi connectivity index (χ2v) is 4.54. The summed E-state index contributed by atoms with van der Waals surface area (Å²) in [6, 6.07) is 0. The van der Waals surface area contributed by atoms with Gasteiger partial charge in [-0.25, -0.2) is 0 Å². The average molecular weight is 209 g/mol. The third-order valence-corrected chi connectivity index (χ3v) is 3.64. The summed E-state index contributed by atoms with van der Waals surface area (Å²) in [5.74, 6) is -1.72. The lowest BCUT2D eigenvalue weighted by molar-refractivity contribution is -0.134. The van der Waals surface area contributed by atoms with Gasteiger partial charge in [-0.3, -0.25) is 14.9 Å². The molecule has 0 aliphatic carbocycles. The summed E-state index contributed by atoms with van der Waals surface area (Å²) in [7, 11) is 0. The third-order valence-electron chi connectivity index (χ3n) is 3.64. The highest BCUT2D eigenvalue weighted by Crippen LogP contribution is 2.55. The van der Waals surface area contributed by atoms with Crippen LogP contribution in [-0.4, -0.2) is 34.7 Å². The summed E-state index contributed by atoms with van der Waals surface area (Å²) >= 11 is 0. The third kappa shape index (κ3) is 0.815. The Bertz CT molecular complexity index is 404. The van der Waals surface area contributed by atoms with Crippen LogP contribution in [0.1, 0.15) is 6.92 Å². The summed E-state index contributed by atoms with van der Waals surface area (Å²) in [5.41, 5.74) is -1.74. The molecule has 0 radical (unpaired) electrons. The van der Waals surface area contributed by atoms with Crippen LogP contribution in [0.15, 0.2) is 12.2 Å². The van der Waals surface area contributed by atoms with Gasteiger partial charge in [-0.05, 0) is 6.92 Å². The van der Waals surface area contributed by atoms with E-state index in [0.29, 0.717) is 0 Å². The van der Waals surface area contributed by atoms with Gasteiger partial charge in [-0.2, -0.15) is 0 Å². The molecule has 2 amide bonds. The molecule has 3 aliphatic rings. The van der Waals surface area contributed by atoms with Crippen molar-refractivity contribution in [2.75, 3.05) is 6.61 Å². The van der Waals surface area contributed by atoms with Gasteiger partial charge in [0.05, 0.1) is 24.0 Å². The molecule has 2 saturated heterocycles. The molecule has 2 N–H and O–H groups in total. The first-order valence-electron chi connectivity index (χ1n) is 4.88. The Morgan fingerprint density at radius 3 is 2.73 bits per heavy atom. The number of hydrogen-bond donors (Lipinski definition) is 2. The van der Waals surface area contributed by atoms with E-state index in [9.17, 15) is 14.7 Å². The summed E-state index contributed by atoms with van der Waals surface area (Å²) in [6.45, 7) is 1.49. The highest BCUT2D eigenvalue weighted by molar-refractivity contribution is 6.07. The van der Waals surface area contributed by atoms with Crippen LogP contribution >= 0.6 is 0 Å². The summed E-state index contributed by atoms with van der Waals surface area (Å²) in [6.07, 6.45) is 3.47. The van der Waals surface area contributed by atoms with Crippen molar-refractivity contribution in [3.63, 3.8) is 0 Å². The van der Waals surface area contributed by atoms with Gasteiger partial charge in [0.15, 0.2) is 0 Å². The molecule has 0 saturated carbocycles. The maximum absolute atomic E-state index is 11.6. The summed E-state index contributed by atoms with van der Waals surface area (Å²) in [4.78, 5) is 23.2. The number of aliphatic hydroxyl groups is 1. The molecule has 0 aromatic rings. The first-order valence-corrected chi connectivity index (χ1v) is 4.88. The zero-order valence-corrected chi connectivity index (χ0v) is 8.19. The molecule has 0 unspecified atom stereocenters. The van der Waals surface area contributed by atoms with E-state index in [1.165, 1.54) is 0 Å². The molecule has 0 aromatic carbocycles. The van der Waals surface area contributed by atoms with Crippen LogP contribution < -0.4 is 5.32 Å². The molecule has 0 spiro atoms. The fourth-order valence-electron chi connectivity index (χ4n) is 2.98. The minimum absolute atomic E-state index is 0.277. The molecule has 4 atom stereocenters. The summed E-state index contributed by atoms with van der Waals surface area (Å²) < 4.78 is 5.66. The Morgan fingerprint density at radius 1 is 1.40 bits per heavy atom. The van der Waals surface area contributed by atoms with E-state index in [-0.39, 0.29) is 18.4 Å². The monoisotopic (exact) mass is 209 g/mol. The van der Waals surface area contributed by atoms with Gasteiger partial charge in [0.1, 0.15) is 5.60 Å². The number of carbonyl (C=O) groups excluding carboxylic acids is 2. The SMILES string of the molecule is C[C@@]12C=C[C@@](CO)(O1)[C@H]1C(=O)NC(=O)[C@@H]12. The normalized spacial score (nSPS) is 51.1. The van der Waals surface area contributed by atoms with Gasteiger partial charge in [0, 0.05) is 0 Å². The highest BCUT2D eigenvalue weighted by Gasteiger charge is 2.69. The van der Waals surface area contributed by atoms with Crippen LogP contribution in [0.5, 0.6) is 0 Å². The van der Waals surface area contributed by atoms with Crippen LogP contribution in [-0.2, 0) is 14.3 Å². The highest BCUT2D eigenvalue weighted by atomic mass is 16.5. The first-order chi connectivity index (χ1) is 7.02. The number of fused-ring (bicyclic) bond motifs is 5. The number of hydrogen-bond acceptors (Lipinski definition) is 4. The number of rotatable bonds is 1. The Morgan fingerprint density at radius 2 is 2.07 bits per heavy atom. The zero-order valence-electron chi connectivity index (χ0n) is 8.19. The van der Waals surface area contributed by atoms with Gasteiger partial charge in [0.25, 0.3) is 0 Å². The van der Waals surface area contributed by atoms with Crippen molar-refractivity contribution in [2.45, 2.75) is 18.1 Å². The molecule has 5 heteroatoms. The standard InChI is InChI=1S/C10H11NO4/c1-9-2-3-10(4-12,15-9)6-5(9)7(13)11-8(6)14/h2-3,5-6,12H,4H2,1H3,(H,11,13,14)/t5-,6-,9+,10+/m1/s1. The lowest BCUT2D eigenvalue weighted by Gasteiger charge is -2.24. The number of ether oxygens (including phenoxy) is 1. The first kappa shape index (κ1) is 9.06. The molecule has 3 rings (SSSR count). The predicted molar refractivity (Wildman–Crippen MR) is 48.6 cm³/mol. The van der Waals surface area contributed by atoms with E-state index in [1.54, 1.807) is 19.1 Å². The lowest BCUT2D eigenvalue weighted by atomic mass is 9.73. The lowest BCUT2D eigenvalue weighted by Crippen LogP contribution is -2.42. The minimum atomic E-state index is -0.990. The molecule has 2 bridgehead atoms. The van der Waals surface area contributed by atoms with Crippen LogP contribution in [0.2, 0.25) is 0 Å². The van der Waals surface area contributed by atoms with E-state index in [4.69, 9.17) is 4.74 Å². The predicted octanol–water partition coefficient (Wildman–Crippen LogP) is -1.03. The Hall–Kier alpha value is -1.20. The molecule has 3 heterocycles.